The van der Waals surface area contributed by atoms with Crippen LogP contribution in [0.3, 0.4) is 0 Å². The largest absolute Gasteiger partial charge is 0.454 e. The maximum atomic E-state index is 13.7. The summed E-state index contributed by atoms with van der Waals surface area (Å²) in [6.07, 6.45) is 0. The van der Waals surface area contributed by atoms with Crippen molar-refractivity contribution in [2.45, 2.75) is 13.5 Å². The van der Waals surface area contributed by atoms with Gasteiger partial charge in [-0.15, -0.1) is 0 Å². The molecule has 0 saturated heterocycles. The van der Waals surface area contributed by atoms with Crippen LogP contribution in [0.2, 0.25) is 0 Å². The van der Waals surface area contributed by atoms with Crippen LogP contribution in [-0.2, 0) is 20.9 Å². The third-order valence-electron chi connectivity index (χ3n) is 4.26. The molecule has 30 heavy (non-hydrogen) atoms. The Morgan fingerprint density at radius 3 is 2.73 bits per heavy atom. The smallest absolute Gasteiger partial charge is 0.326 e. The molecule has 1 amide bonds. The molecule has 7 nitrogen and oxygen atoms in total. The zero-order chi connectivity index (χ0) is 21.4. The van der Waals surface area contributed by atoms with Crippen LogP contribution in [-0.4, -0.2) is 33.0 Å². The Morgan fingerprint density at radius 2 is 1.93 bits per heavy atom. The first-order chi connectivity index (χ1) is 14.3. The van der Waals surface area contributed by atoms with E-state index in [-0.39, 0.29) is 16.4 Å². The zero-order valence-corrected chi connectivity index (χ0v) is 16.2. The highest BCUT2D eigenvalue weighted by Gasteiger charge is 2.19. The molecule has 0 aliphatic rings. The fourth-order valence-electron chi connectivity index (χ4n) is 2.90. The summed E-state index contributed by atoms with van der Waals surface area (Å²) in [6, 6.07) is 8.07. The van der Waals surface area contributed by atoms with Gasteiger partial charge in [-0.3, -0.25) is 14.9 Å². The Balaban J connectivity index is 1.39. The molecular weight excluding hydrogens is 421 g/mol. The quantitative estimate of drug-likeness (QED) is 0.384. The number of aromatic nitrogens is 3. The average Bonchev–Trinajstić information content (AvgIpc) is 3.25. The summed E-state index contributed by atoms with van der Waals surface area (Å²) in [4.78, 5) is 32.2. The number of hydrogen-bond donors (Lipinski definition) is 1. The highest BCUT2D eigenvalue weighted by atomic mass is 32.1. The van der Waals surface area contributed by atoms with Gasteiger partial charge in [0.25, 0.3) is 5.91 Å². The van der Waals surface area contributed by atoms with Crippen LogP contribution in [0, 0.1) is 24.4 Å². The molecule has 0 unspecified atom stereocenters. The maximum Gasteiger partial charge on any atom is 0.326 e. The number of ether oxygens (including phenoxy) is 1. The average molecular weight is 434 g/mol. The van der Waals surface area contributed by atoms with Crippen LogP contribution >= 0.6 is 11.3 Å². The van der Waals surface area contributed by atoms with E-state index in [2.05, 4.69) is 15.3 Å². The fourth-order valence-corrected chi connectivity index (χ4v) is 3.80. The van der Waals surface area contributed by atoms with Crippen molar-refractivity contribution in [3.8, 4) is 0 Å². The normalized spacial score (nSPS) is 11.2. The summed E-state index contributed by atoms with van der Waals surface area (Å²) in [5.74, 6) is -5.18. The molecule has 1 N–H and O–H groups in total. The van der Waals surface area contributed by atoms with Gasteiger partial charge < -0.3 is 9.30 Å². The molecule has 4 rings (SSSR count). The number of anilines is 1. The second-order valence-electron chi connectivity index (χ2n) is 6.29. The van der Waals surface area contributed by atoms with E-state index < -0.39 is 41.5 Å². The molecule has 0 saturated carbocycles. The van der Waals surface area contributed by atoms with E-state index in [1.807, 2.05) is 24.3 Å². The molecule has 0 aliphatic heterocycles. The van der Waals surface area contributed by atoms with Gasteiger partial charge in [-0.1, -0.05) is 23.5 Å². The topological polar surface area (TPSA) is 86.1 Å². The first-order valence-electron chi connectivity index (χ1n) is 8.65. The van der Waals surface area contributed by atoms with E-state index in [0.29, 0.717) is 5.82 Å². The van der Waals surface area contributed by atoms with Gasteiger partial charge in [0.2, 0.25) is 0 Å². The number of para-hydroxylation sites is 2. The maximum absolute atomic E-state index is 13.7. The molecule has 154 valence electrons. The number of carbonyl (C=O) groups excluding carboxylic acids is 2. The van der Waals surface area contributed by atoms with Crippen molar-refractivity contribution in [2.24, 2.45) is 0 Å². The van der Waals surface area contributed by atoms with E-state index in [1.165, 1.54) is 0 Å². The number of thiazole rings is 1. The van der Waals surface area contributed by atoms with Crippen molar-refractivity contribution in [3.63, 3.8) is 0 Å². The number of benzene rings is 2. The first-order valence-corrected chi connectivity index (χ1v) is 9.46. The summed E-state index contributed by atoms with van der Waals surface area (Å²) < 4.78 is 47.0. The number of imidazole rings is 1. The van der Waals surface area contributed by atoms with E-state index in [4.69, 9.17) is 4.74 Å². The molecule has 4 aromatic rings. The molecule has 2 heterocycles. The Kier molecular flexibility index (Phi) is 5.12. The van der Waals surface area contributed by atoms with Crippen LogP contribution in [0.1, 0.15) is 5.82 Å². The number of nitrogens with one attached hydrogen (secondary N) is 1. The minimum atomic E-state index is -1.64. The minimum Gasteiger partial charge on any atom is -0.454 e. The van der Waals surface area contributed by atoms with Gasteiger partial charge in [-0.2, -0.15) is 0 Å². The molecule has 0 radical (unpaired) electrons. The molecular formula is C19H13F3N4O3S. The van der Waals surface area contributed by atoms with E-state index >= 15 is 0 Å². The van der Waals surface area contributed by atoms with Gasteiger partial charge >= 0.3 is 5.97 Å². The number of hydrogen-bond acceptors (Lipinski definition) is 6. The number of aryl methyl sites for hydroxylation is 1. The molecule has 0 aliphatic carbocycles. The van der Waals surface area contributed by atoms with Gasteiger partial charge in [0, 0.05) is 0 Å². The van der Waals surface area contributed by atoms with Crippen molar-refractivity contribution >= 4 is 49.6 Å². The Bertz CT molecular complexity index is 1300. The molecule has 2 aromatic carbocycles. The number of carbonyl (C=O) groups is 2. The van der Waals surface area contributed by atoms with Crippen molar-refractivity contribution in [1.29, 1.82) is 0 Å². The number of amides is 1. The lowest BCUT2D eigenvalue weighted by molar-refractivity contribution is -0.147. The van der Waals surface area contributed by atoms with Crippen LogP contribution in [0.5, 0.6) is 0 Å². The summed E-state index contributed by atoms with van der Waals surface area (Å²) in [6.45, 7) is 1.01. The summed E-state index contributed by atoms with van der Waals surface area (Å²) in [5.41, 5.74) is 1.09. The highest BCUT2D eigenvalue weighted by molar-refractivity contribution is 7.22. The summed E-state index contributed by atoms with van der Waals surface area (Å²) in [5, 5.41) is 2.24. The molecule has 0 spiro atoms. The van der Waals surface area contributed by atoms with Gasteiger partial charge in [0.15, 0.2) is 29.2 Å². The predicted octanol–water partition coefficient (Wildman–Crippen LogP) is 3.55. The molecule has 0 bridgehead atoms. The number of fused-ring (bicyclic) bond motifs is 2. The van der Waals surface area contributed by atoms with Crippen molar-refractivity contribution in [2.75, 3.05) is 11.9 Å². The van der Waals surface area contributed by atoms with Crippen LogP contribution in [0.4, 0.5) is 18.3 Å². The van der Waals surface area contributed by atoms with Crippen molar-refractivity contribution < 1.29 is 27.5 Å². The molecule has 0 fully saturated rings. The third-order valence-corrected chi connectivity index (χ3v) is 5.18. The van der Waals surface area contributed by atoms with Crippen molar-refractivity contribution in [3.05, 3.63) is 53.6 Å². The van der Waals surface area contributed by atoms with Gasteiger partial charge in [0.05, 0.1) is 15.7 Å². The number of esters is 1. The minimum absolute atomic E-state index is 0.0288. The lowest BCUT2D eigenvalue weighted by Gasteiger charge is -2.07. The molecule has 0 atom stereocenters. The van der Waals surface area contributed by atoms with E-state index in [9.17, 15) is 22.8 Å². The lowest BCUT2D eigenvalue weighted by Crippen LogP contribution is -2.23. The second kappa shape index (κ2) is 7.75. The summed E-state index contributed by atoms with van der Waals surface area (Å²) in [7, 11) is 0. The highest BCUT2D eigenvalue weighted by Crippen LogP contribution is 2.30. The van der Waals surface area contributed by atoms with Crippen LogP contribution in [0.25, 0.3) is 21.3 Å². The standard InChI is InChI=1S/C19H13F3N4O3S/c1-9-23-11-4-2-3-5-12(11)26(9)7-15(28)29-8-14(27)24-19-25-18-13(30-19)6-10(20)16(21)17(18)22/h2-6H,7-8H2,1H3,(H,24,25,27). The van der Waals surface area contributed by atoms with Gasteiger partial charge in [0.1, 0.15) is 17.9 Å². The third kappa shape index (κ3) is 3.71. The SMILES string of the molecule is Cc1nc2ccccc2n1CC(=O)OCC(=O)Nc1nc2c(F)c(F)c(F)cc2s1. The second-order valence-corrected chi connectivity index (χ2v) is 7.33. The Morgan fingerprint density at radius 1 is 1.17 bits per heavy atom. The van der Waals surface area contributed by atoms with Gasteiger partial charge in [-0.05, 0) is 25.1 Å². The van der Waals surface area contributed by atoms with E-state index in [1.54, 1.807) is 11.5 Å². The molecule has 11 heteroatoms. The predicted molar refractivity (Wildman–Crippen MR) is 104 cm³/mol. The lowest BCUT2D eigenvalue weighted by atomic mass is 10.3. The number of rotatable bonds is 5. The van der Waals surface area contributed by atoms with Crippen molar-refractivity contribution in [1.82, 2.24) is 14.5 Å². The number of nitrogens with zero attached hydrogens (tertiary/aromatic N) is 3. The Labute approximate surface area is 171 Å². The van der Waals surface area contributed by atoms with Crippen LogP contribution < -0.4 is 5.32 Å². The number of halogens is 3. The van der Waals surface area contributed by atoms with Crippen LogP contribution in [0.15, 0.2) is 30.3 Å². The van der Waals surface area contributed by atoms with Gasteiger partial charge in [-0.25, -0.2) is 23.1 Å². The molecule has 2 aromatic heterocycles. The monoisotopic (exact) mass is 434 g/mol. The summed E-state index contributed by atoms with van der Waals surface area (Å²) >= 11 is 0.761. The first kappa shape index (κ1) is 19.8. The zero-order valence-electron chi connectivity index (χ0n) is 15.4. The van der Waals surface area contributed by atoms with E-state index in [0.717, 1.165) is 28.4 Å². The Hall–Kier alpha value is -3.47. The fraction of sp³-hybridized carbons (Fsp3) is 0.158.